The smallest absolute Gasteiger partial charge is 0.240 e. The monoisotopic (exact) mass is 394 g/mol. The van der Waals surface area contributed by atoms with E-state index in [2.05, 4.69) is 15.2 Å². The molecule has 1 aromatic carbocycles. The van der Waals surface area contributed by atoms with E-state index >= 15 is 0 Å². The normalized spacial score (nSPS) is 15.4. The number of likely N-dealkylation sites (tertiary alicyclic amines) is 1. The number of furan rings is 1. The predicted octanol–water partition coefficient (Wildman–Crippen LogP) is 4.33. The third-order valence-electron chi connectivity index (χ3n) is 4.62. The van der Waals surface area contributed by atoms with Crippen LogP contribution in [-0.4, -0.2) is 39.1 Å². The number of nitrogens with one attached hydrogen (secondary N) is 1. The molecule has 7 heteroatoms. The molecule has 0 aliphatic carbocycles. The lowest BCUT2D eigenvalue weighted by atomic mass is 10.1. The van der Waals surface area contributed by atoms with Crippen LogP contribution in [0.15, 0.2) is 52.0 Å². The van der Waals surface area contributed by atoms with Gasteiger partial charge in [-0.05, 0) is 49.6 Å². The quantitative estimate of drug-likeness (QED) is 0.630. The molecule has 1 saturated heterocycles. The Labute approximate surface area is 168 Å². The number of hydrogen-bond acceptors (Lipinski definition) is 5. The molecule has 144 valence electrons. The summed E-state index contributed by atoms with van der Waals surface area (Å²) in [6.45, 7) is 3.56. The molecule has 3 aromatic rings. The van der Waals surface area contributed by atoms with Crippen LogP contribution in [0.5, 0.6) is 0 Å². The minimum atomic E-state index is -0.348. The minimum Gasteiger partial charge on any atom is -0.462 e. The van der Waals surface area contributed by atoms with Crippen molar-refractivity contribution in [1.82, 2.24) is 20.1 Å². The van der Waals surface area contributed by atoms with Crippen LogP contribution in [0.4, 0.5) is 0 Å². The zero-order chi connectivity index (χ0) is 19.3. The molecule has 6 nitrogen and oxygen atoms in total. The van der Waals surface area contributed by atoms with Gasteiger partial charge in [0.15, 0.2) is 0 Å². The van der Waals surface area contributed by atoms with Crippen molar-refractivity contribution in [3.8, 4) is 0 Å². The van der Waals surface area contributed by atoms with E-state index in [9.17, 15) is 4.79 Å². The molecule has 2 aromatic heterocycles. The Bertz CT molecular complexity index is 958. The molecule has 28 heavy (non-hydrogen) atoms. The summed E-state index contributed by atoms with van der Waals surface area (Å²) in [6.07, 6.45) is 5.79. The molecule has 4 rings (SSSR count). The van der Waals surface area contributed by atoms with Crippen LogP contribution >= 0.6 is 11.8 Å². The van der Waals surface area contributed by atoms with E-state index in [4.69, 9.17) is 4.42 Å². The molecule has 0 spiro atoms. The third kappa shape index (κ3) is 4.36. The van der Waals surface area contributed by atoms with Gasteiger partial charge < -0.3 is 9.32 Å². The van der Waals surface area contributed by atoms with Gasteiger partial charge in [-0.15, -0.1) is 5.10 Å². The Morgan fingerprint density at radius 3 is 2.68 bits per heavy atom. The molecule has 0 saturated carbocycles. The summed E-state index contributed by atoms with van der Waals surface area (Å²) in [4.78, 5) is 19.5. The van der Waals surface area contributed by atoms with E-state index in [0.29, 0.717) is 11.0 Å². The van der Waals surface area contributed by atoms with Crippen LogP contribution in [0.25, 0.3) is 12.2 Å². The molecule has 3 heterocycles. The zero-order valence-corrected chi connectivity index (χ0v) is 16.5. The third-order valence-corrected chi connectivity index (χ3v) is 5.72. The zero-order valence-electron chi connectivity index (χ0n) is 15.7. The van der Waals surface area contributed by atoms with E-state index in [1.807, 2.05) is 66.4 Å². The Hall–Kier alpha value is -2.80. The molecule has 0 radical (unpaired) electrons. The van der Waals surface area contributed by atoms with Crippen molar-refractivity contribution in [3.63, 3.8) is 0 Å². The molecule has 1 aliphatic heterocycles. The fourth-order valence-electron chi connectivity index (χ4n) is 3.19. The topological polar surface area (TPSA) is 75.0 Å². The molecule has 1 amide bonds. The number of nitrogens with zero attached hydrogens (tertiary/aromatic N) is 3. The summed E-state index contributed by atoms with van der Waals surface area (Å²) in [7, 11) is 0. The molecule has 1 fully saturated rings. The summed E-state index contributed by atoms with van der Waals surface area (Å²) < 4.78 is 5.52. The first-order valence-corrected chi connectivity index (χ1v) is 10.2. The van der Waals surface area contributed by atoms with Gasteiger partial charge in [0.25, 0.3) is 0 Å². The number of hydrogen-bond donors (Lipinski definition) is 1. The van der Waals surface area contributed by atoms with Gasteiger partial charge in [-0.2, -0.15) is 0 Å². The average molecular weight is 395 g/mol. The standard InChI is InChI=1S/C21H22N4O2S/c1-15-9-10-17(27-15)11-12-18-22-21(24-23-18)28-19(16-7-3-2-4-8-16)20(26)25-13-5-6-14-25/h2-4,7-12,19H,5-6,13-14H2,1H3,(H,22,23,24)/b12-11+. The number of carbonyl (C=O) groups is 1. The highest BCUT2D eigenvalue weighted by Crippen LogP contribution is 2.35. The maximum atomic E-state index is 13.1. The Morgan fingerprint density at radius 1 is 1.18 bits per heavy atom. The van der Waals surface area contributed by atoms with Crippen molar-refractivity contribution < 1.29 is 9.21 Å². The SMILES string of the molecule is Cc1ccc(/C=C/c2nc(SC(C(=O)N3CCCC3)c3ccccc3)n[nH]2)o1. The number of aryl methyl sites for hydroxylation is 1. The summed E-state index contributed by atoms with van der Waals surface area (Å²) in [6, 6.07) is 13.7. The second kappa shape index (κ2) is 8.48. The van der Waals surface area contributed by atoms with Crippen LogP contribution in [0.2, 0.25) is 0 Å². The number of benzene rings is 1. The van der Waals surface area contributed by atoms with Crippen molar-refractivity contribution in [2.75, 3.05) is 13.1 Å². The largest absolute Gasteiger partial charge is 0.462 e. The highest BCUT2D eigenvalue weighted by Gasteiger charge is 2.29. The van der Waals surface area contributed by atoms with Crippen LogP contribution in [0, 0.1) is 6.92 Å². The van der Waals surface area contributed by atoms with Gasteiger partial charge in [0.2, 0.25) is 11.1 Å². The van der Waals surface area contributed by atoms with Gasteiger partial charge >= 0.3 is 0 Å². The van der Waals surface area contributed by atoms with Gasteiger partial charge in [-0.25, -0.2) is 4.98 Å². The molecule has 1 unspecified atom stereocenters. The van der Waals surface area contributed by atoms with Crippen LogP contribution < -0.4 is 0 Å². The Morgan fingerprint density at radius 2 is 1.96 bits per heavy atom. The lowest BCUT2D eigenvalue weighted by Crippen LogP contribution is -2.31. The van der Waals surface area contributed by atoms with Crippen molar-refractivity contribution >= 4 is 29.8 Å². The number of aromatic nitrogens is 3. The van der Waals surface area contributed by atoms with Gasteiger partial charge in [0.05, 0.1) is 0 Å². The number of rotatable bonds is 6. The van der Waals surface area contributed by atoms with Crippen molar-refractivity contribution in [2.45, 2.75) is 30.2 Å². The number of carbonyl (C=O) groups excluding carboxylic acids is 1. The predicted molar refractivity (Wildman–Crippen MR) is 110 cm³/mol. The van der Waals surface area contributed by atoms with E-state index in [-0.39, 0.29) is 11.2 Å². The van der Waals surface area contributed by atoms with Gasteiger partial charge in [-0.3, -0.25) is 9.89 Å². The Balaban J connectivity index is 1.51. The highest BCUT2D eigenvalue weighted by molar-refractivity contribution is 8.00. The summed E-state index contributed by atoms with van der Waals surface area (Å²) in [5.41, 5.74) is 0.970. The lowest BCUT2D eigenvalue weighted by molar-refractivity contribution is -0.129. The molecular formula is C21H22N4O2S. The van der Waals surface area contributed by atoms with E-state index in [1.165, 1.54) is 11.8 Å². The first kappa shape index (κ1) is 18.6. The maximum Gasteiger partial charge on any atom is 0.240 e. The highest BCUT2D eigenvalue weighted by atomic mass is 32.2. The first-order valence-electron chi connectivity index (χ1n) is 9.36. The molecule has 1 N–H and O–H groups in total. The number of thioether (sulfide) groups is 1. The first-order chi connectivity index (χ1) is 13.7. The minimum absolute atomic E-state index is 0.127. The lowest BCUT2D eigenvalue weighted by Gasteiger charge is -2.22. The molecule has 1 aliphatic rings. The molecule has 0 bridgehead atoms. The van der Waals surface area contributed by atoms with E-state index in [0.717, 1.165) is 43.0 Å². The summed E-state index contributed by atoms with van der Waals surface area (Å²) in [5.74, 6) is 2.37. The van der Waals surface area contributed by atoms with Crippen molar-refractivity contribution in [1.29, 1.82) is 0 Å². The second-order valence-corrected chi connectivity index (χ2v) is 7.80. The number of amides is 1. The number of H-pyrrole nitrogens is 1. The van der Waals surface area contributed by atoms with E-state index in [1.54, 1.807) is 0 Å². The van der Waals surface area contributed by atoms with Gasteiger partial charge in [0.1, 0.15) is 22.6 Å². The van der Waals surface area contributed by atoms with Gasteiger partial charge in [0, 0.05) is 13.1 Å². The summed E-state index contributed by atoms with van der Waals surface area (Å²) >= 11 is 1.38. The van der Waals surface area contributed by atoms with Crippen LogP contribution in [0.3, 0.4) is 0 Å². The number of aromatic amines is 1. The fraction of sp³-hybridized carbons (Fsp3) is 0.286. The van der Waals surface area contributed by atoms with Crippen molar-refractivity contribution in [3.05, 3.63) is 65.4 Å². The Kier molecular flexibility index (Phi) is 5.62. The maximum absolute atomic E-state index is 13.1. The fourth-order valence-corrected chi connectivity index (χ4v) is 4.19. The van der Waals surface area contributed by atoms with Crippen LogP contribution in [0.1, 0.15) is 41.0 Å². The molecule has 1 atom stereocenters. The summed E-state index contributed by atoms with van der Waals surface area (Å²) in [5, 5.41) is 7.40. The van der Waals surface area contributed by atoms with Crippen molar-refractivity contribution in [2.24, 2.45) is 0 Å². The van der Waals surface area contributed by atoms with E-state index < -0.39 is 0 Å². The van der Waals surface area contributed by atoms with Gasteiger partial charge in [-0.1, -0.05) is 42.1 Å². The average Bonchev–Trinajstić information content (AvgIpc) is 3.47. The second-order valence-electron chi connectivity index (χ2n) is 6.73. The van der Waals surface area contributed by atoms with Crippen LogP contribution in [-0.2, 0) is 4.79 Å². The molecular weight excluding hydrogens is 372 g/mol.